The van der Waals surface area contributed by atoms with Crippen LogP contribution in [0.15, 0.2) is 34.7 Å². The number of benzene rings is 1. The van der Waals surface area contributed by atoms with Crippen molar-refractivity contribution in [2.24, 2.45) is 0 Å². The number of aromatic carboxylic acids is 1. The van der Waals surface area contributed by atoms with Crippen LogP contribution < -0.4 is 15.9 Å². The van der Waals surface area contributed by atoms with Gasteiger partial charge in [0.15, 0.2) is 5.76 Å². The van der Waals surface area contributed by atoms with Gasteiger partial charge in [-0.1, -0.05) is 17.7 Å². The highest BCUT2D eigenvalue weighted by molar-refractivity contribution is 5.99. The van der Waals surface area contributed by atoms with Gasteiger partial charge in [-0.15, -0.1) is 0 Å². The molecule has 26 heavy (non-hydrogen) atoms. The summed E-state index contributed by atoms with van der Waals surface area (Å²) in [5.74, 6) is -0.379. The molecule has 0 aliphatic heterocycles. The molecule has 0 amide bonds. The molecule has 132 valence electrons. The molecule has 0 saturated carbocycles. The second-order valence-electron chi connectivity index (χ2n) is 6.70. The second-order valence-corrected chi connectivity index (χ2v) is 6.70. The molecule has 1 aliphatic carbocycles. The van der Waals surface area contributed by atoms with Gasteiger partial charge in [0.05, 0.1) is 16.6 Å². The first-order valence-corrected chi connectivity index (χ1v) is 8.65. The van der Waals surface area contributed by atoms with Crippen LogP contribution in [0.2, 0.25) is 0 Å². The van der Waals surface area contributed by atoms with Crippen molar-refractivity contribution >= 4 is 33.8 Å². The number of anilines is 1. The quantitative estimate of drug-likeness (QED) is 0.759. The van der Waals surface area contributed by atoms with Gasteiger partial charge < -0.3 is 14.8 Å². The van der Waals surface area contributed by atoms with E-state index in [0.717, 1.165) is 51.2 Å². The average molecular weight is 348 g/mol. The van der Waals surface area contributed by atoms with Crippen LogP contribution in [0.5, 0.6) is 0 Å². The van der Waals surface area contributed by atoms with Gasteiger partial charge in [-0.3, -0.25) is 0 Å². The summed E-state index contributed by atoms with van der Waals surface area (Å²) >= 11 is 0. The average Bonchev–Trinajstić information content (AvgIpc) is 3.02. The second kappa shape index (κ2) is 6.02. The predicted octanol–water partition coefficient (Wildman–Crippen LogP) is 3.37. The minimum absolute atomic E-state index is 0.282. The van der Waals surface area contributed by atoms with Crippen LogP contribution in [0.25, 0.3) is 33.6 Å². The number of carboxylic acids is 1. The highest BCUT2D eigenvalue weighted by atomic mass is 16.4. The maximum absolute atomic E-state index is 11.9. The molecule has 1 aliphatic rings. The van der Waals surface area contributed by atoms with Crippen LogP contribution >= 0.6 is 0 Å². The van der Waals surface area contributed by atoms with Crippen molar-refractivity contribution in [2.75, 3.05) is 12.4 Å². The molecule has 0 bridgehead atoms. The molecule has 0 spiro atoms. The van der Waals surface area contributed by atoms with Crippen molar-refractivity contribution in [1.29, 1.82) is 0 Å². The van der Waals surface area contributed by atoms with Crippen molar-refractivity contribution in [3.63, 3.8) is 0 Å². The summed E-state index contributed by atoms with van der Waals surface area (Å²) in [7, 11) is 1.83. The summed E-state index contributed by atoms with van der Waals surface area (Å²) in [5, 5.41) is 15.4. The van der Waals surface area contributed by atoms with Gasteiger partial charge in [0, 0.05) is 17.7 Å². The summed E-state index contributed by atoms with van der Waals surface area (Å²) in [6, 6.07) is 9.35. The molecule has 2 aromatic heterocycles. The van der Waals surface area contributed by atoms with E-state index >= 15 is 0 Å². The van der Waals surface area contributed by atoms with Crippen LogP contribution in [0.3, 0.4) is 0 Å². The number of furan rings is 1. The molecular formula is C21H20N2O3. The van der Waals surface area contributed by atoms with E-state index in [4.69, 9.17) is 9.40 Å². The Balaban J connectivity index is 2.11. The Labute approximate surface area is 150 Å². The monoisotopic (exact) mass is 348 g/mol. The lowest BCUT2D eigenvalue weighted by atomic mass is 9.95. The normalized spacial score (nSPS) is 13.8. The van der Waals surface area contributed by atoms with E-state index < -0.39 is 5.97 Å². The fraction of sp³-hybridized carbons (Fsp3) is 0.238. The fourth-order valence-electron chi connectivity index (χ4n) is 3.66. The Morgan fingerprint density at radius 3 is 2.65 bits per heavy atom. The molecule has 0 saturated heterocycles. The zero-order valence-electron chi connectivity index (χ0n) is 15.0. The lowest BCUT2D eigenvalue weighted by Gasteiger charge is -2.14. The zero-order valence-corrected chi connectivity index (χ0v) is 15.0. The number of nitrogens with one attached hydrogen (secondary N) is 1. The summed E-state index contributed by atoms with van der Waals surface area (Å²) in [6.45, 7) is 4.00. The Morgan fingerprint density at radius 1 is 1.19 bits per heavy atom. The van der Waals surface area contributed by atoms with E-state index in [-0.39, 0.29) is 5.56 Å². The number of fused-ring (bicyclic) bond motifs is 2. The molecule has 0 radical (unpaired) electrons. The van der Waals surface area contributed by atoms with Crippen LogP contribution in [-0.4, -0.2) is 23.1 Å². The third-order valence-electron chi connectivity index (χ3n) is 5.03. The smallest absolute Gasteiger partial charge is 0.336 e. The van der Waals surface area contributed by atoms with Gasteiger partial charge in [-0.25, -0.2) is 9.78 Å². The van der Waals surface area contributed by atoms with E-state index in [1.807, 2.05) is 45.2 Å². The number of hydrogen-bond acceptors (Lipinski definition) is 4. The van der Waals surface area contributed by atoms with Crippen LogP contribution in [-0.2, 0) is 0 Å². The Morgan fingerprint density at radius 2 is 1.92 bits per heavy atom. The lowest BCUT2D eigenvalue weighted by molar-refractivity contribution is 0.0695. The number of nitrogens with zero attached hydrogens (tertiary/aromatic N) is 1. The summed E-state index contributed by atoms with van der Waals surface area (Å²) in [5.41, 5.74) is 4.56. The molecule has 5 heteroatoms. The van der Waals surface area contributed by atoms with E-state index in [1.54, 1.807) is 6.07 Å². The number of rotatable bonds is 3. The lowest BCUT2D eigenvalue weighted by Crippen LogP contribution is -2.39. The topological polar surface area (TPSA) is 75.4 Å². The van der Waals surface area contributed by atoms with Crippen molar-refractivity contribution in [2.45, 2.75) is 26.7 Å². The predicted molar refractivity (Wildman–Crippen MR) is 103 cm³/mol. The highest BCUT2D eigenvalue weighted by Gasteiger charge is 2.21. The number of carbonyl (C=O) groups is 1. The summed E-state index contributed by atoms with van der Waals surface area (Å²) < 4.78 is 6.03. The van der Waals surface area contributed by atoms with Gasteiger partial charge in [-0.05, 0) is 50.5 Å². The van der Waals surface area contributed by atoms with E-state index in [9.17, 15) is 9.90 Å². The van der Waals surface area contributed by atoms with Crippen molar-refractivity contribution < 1.29 is 14.3 Å². The minimum atomic E-state index is -0.943. The summed E-state index contributed by atoms with van der Waals surface area (Å²) in [4.78, 5) is 16.7. The van der Waals surface area contributed by atoms with Crippen LogP contribution in [0, 0.1) is 0 Å². The maximum atomic E-state index is 11.9. The van der Waals surface area contributed by atoms with Gasteiger partial charge in [0.25, 0.3) is 0 Å². The molecule has 0 unspecified atom stereocenters. The van der Waals surface area contributed by atoms with Gasteiger partial charge in [0.1, 0.15) is 11.3 Å². The number of carboxylic acid groups (broad SMARTS) is 1. The van der Waals surface area contributed by atoms with Crippen LogP contribution in [0.4, 0.5) is 5.69 Å². The first-order valence-electron chi connectivity index (χ1n) is 8.65. The maximum Gasteiger partial charge on any atom is 0.336 e. The van der Waals surface area contributed by atoms with E-state index in [0.29, 0.717) is 11.5 Å². The van der Waals surface area contributed by atoms with Gasteiger partial charge in [-0.2, -0.15) is 0 Å². The molecule has 4 rings (SSSR count). The summed E-state index contributed by atoms with van der Waals surface area (Å²) in [6.07, 6.45) is 1.76. The molecule has 0 atom stereocenters. The molecule has 2 heterocycles. The minimum Gasteiger partial charge on any atom is -0.478 e. The highest BCUT2D eigenvalue weighted by Crippen LogP contribution is 2.36. The Kier molecular flexibility index (Phi) is 3.80. The number of aromatic nitrogens is 1. The standard InChI is InChI=1S/C21H20N2O3/c1-11-8-9-12(2)18-17(11)14(21(24)25)10-15(23-18)20-19(22-3)13-6-4-5-7-16(13)26-20/h4-7,10,22H,8-9H2,1-3H3,(H,24,25). The third-order valence-corrected chi connectivity index (χ3v) is 5.03. The first-order chi connectivity index (χ1) is 12.5. The number of pyridine rings is 1. The molecule has 5 nitrogen and oxygen atoms in total. The molecule has 3 aromatic rings. The van der Waals surface area contributed by atoms with E-state index in [2.05, 4.69) is 5.32 Å². The van der Waals surface area contributed by atoms with Gasteiger partial charge in [0.2, 0.25) is 0 Å². The largest absolute Gasteiger partial charge is 0.478 e. The molecule has 2 N–H and O–H groups in total. The van der Waals surface area contributed by atoms with Crippen LogP contribution in [0.1, 0.15) is 37.0 Å². The SMILES string of the molecule is CNc1c(-c2cc(C(=O)O)c3c(n2)=C(C)CCC=3C)oc2ccccc12. The molecule has 0 fully saturated rings. The van der Waals surface area contributed by atoms with Crippen molar-refractivity contribution in [1.82, 2.24) is 4.98 Å². The number of hydrogen-bond donors (Lipinski definition) is 2. The Hall–Kier alpha value is -3.08. The fourth-order valence-corrected chi connectivity index (χ4v) is 3.66. The number of para-hydroxylation sites is 1. The molecular weight excluding hydrogens is 328 g/mol. The van der Waals surface area contributed by atoms with E-state index in [1.165, 1.54) is 0 Å². The first kappa shape index (κ1) is 16.4. The Bertz CT molecular complexity index is 1170. The third kappa shape index (κ3) is 2.39. The zero-order chi connectivity index (χ0) is 18.4. The van der Waals surface area contributed by atoms with Crippen molar-refractivity contribution in [3.8, 4) is 11.5 Å². The van der Waals surface area contributed by atoms with Gasteiger partial charge >= 0.3 is 5.97 Å². The molecule has 1 aromatic carbocycles. The van der Waals surface area contributed by atoms with Crippen molar-refractivity contribution in [3.05, 3.63) is 46.5 Å².